The molecule has 0 heterocycles. The van der Waals surface area contributed by atoms with Crippen LogP contribution in [0.4, 0.5) is 4.39 Å². The molecule has 0 aliphatic rings. The minimum Gasteiger partial charge on any atom is -0.490 e. The zero-order chi connectivity index (χ0) is 20.4. The molecule has 0 radical (unpaired) electrons. The molecule has 2 rings (SSSR count). The second kappa shape index (κ2) is 11.9. The quantitative estimate of drug-likeness (QED) is 0.479. The maximum Gasteiger partial charge on any atom is 0.161 e. The Labute approximate surface area is 171 Å². The van der Waals surface area contributed by atoms with Gasteiger partial charge in [-0.25, -0.2) is 4.39 Å². The van der Waals surface area contributed by atoms with Gasteiger partial charge in [-0.1, -0.05) is 23.7 Å². The van der Waals surface area contributed by atoms with Crippen LogP contribution in [0, 0.1) is 5.82 Å². The van der Waals surface area contributed by atoms with Gasteiger partial charge in [0.2, 0.25) is 0 Å². The third-order valence-corrected chi connectivity index (χ3v) is 4.37. The SMILES string of the molecule is CCOc1cc(CNCCCOC(C)C)ccc1OCc1c(F)cccc1Cl. The Balaban J connectivity index is 1.92. The number of benzene rings is 2. The van der Waals surface area contributed by atoms with Crippen molar-refractivity contribution in [2.75, 3.05) is 19.8 Å². The summed E-state index contributed by atoms with van der Waals surface area (Å²) in [6.07, 6.45) is 1.22. The van der Waals surface area contributed by atoms with Crippen LogP contribution < -0.4 is 14.8 Å². The van der Waals surface area contributed by atoms with Gasteiger partial charge in [0, 0.05) is 18.7 Å². The van der Waals surface area contributed by atoms with Gasteiger partial charge in [-0.15, -0.1) is 0 Å². The number of rotatable bonds is 12. The van der Waals surface area contributed by atoms with Crippen molar-refractivity contribution in [3.8, 4) is 11.5 Å². The summed E-state index contributed by atoms with van der Waals surface area (Å²) in [6.45, 7) is 8.89. The average Bonchev–Trinajstić information content (AvgIpc) is 2.65. The predicted octanol–water partition coefficient (Wildman–Crippen LogP) is 5.36. The molecule has 1 N–H and O–H groups in total. The highest BCUT2D eigenvalue weighted by Crippen LogP contribution is 2.30. The number of hydrogen-bond donors (Lipinski definition) is 1. The fraction of sp³-hybridized carbons (Fsp3) is 0.455. The molecule has 0 spiro atoms. The van der Waals surface area contributed by atoms with E-state index >= 15 is 0 Å². The van der Waals surface area contributed by atoms with Crippen LogP contribution in [0.3, 0.4) is 0 Å². The molecule has 0 atom stereocenters. The molecule has 2 aromatic carbocycles. The summed E-state index contributed by atoms with van der Waals surface area (Å²) in [4.78, 5) is 0. The number of halogens is 2. The van der Waals surface area contributed by atoms with E-state index in [0.29, 0.717) is 28.7 Å². The van der Waals surface area contributed by atoms with Gasteiger partial charge in [0.15, 0.2) is 11.5 Å². The smallest absolute Gasteiger partial charge is 0.161 e. The molecule has 0 bridgehead atoms. The number of nitrogens with one attached hydrogen (secondary N) is 1. The van der Waals surface area contributed by atoms with Crippen molar-refractivity contribution in [1.29, 1.82) is 0 Å². The molecule has 0 saturated heterocycles. The Morgan fingerprint density at radius 1 is 1.11 bits per heavy atom. The molecule has 0 aliphatic carbocycles. The first-order valence-electron chi connectivity index (χ1n) is 9.65. The number of ether oxygens (including phenoxy) is 3. The molecule has 0 fully saturated rings. The molecule has 0 unspecified atom stereocenters. The normalized spacial score (nSPS) is 11.1. The molecular weight excluding hydrogens is 381 g/mol. The van der Waals surface area contributed by atoms with E-state index in [1.807, 2.05) is 39.0 Å². The molecule has 0 aromatic heterocycles. The second-order valence-corrected chi connectivity index (χ2v) is 7.06. The highest BCUT2D eigenvalue weighted by atomic mass is 35.5. The minimum atomic E-state index is -0.382. The van der Waals surface area contributed by atoms with Gasteiger partial charge in [-0.2, -0.15) is 0 Å². The molecule has 4 nitrogen and oxygen atoms in total. The van der Waals surface area contributed by atoms with Crippen LogP contribution in [0.1, 0.15) is 38.3 Å². The van der Waals surface area contributed by atoms with Gasteiger partial charge in [0.25, 0.3) is 0 Å². The minimum absolute atomic E-state index is 0.0407. The zero-order valence-corrected chi connectivity index (χ0v) is 17.5. The summed E-state index contributed by atoms with van der Waals surface area (Å²) in [5, 5.41) is 3.74. The average molecular weight is 410 g/mol. The highest BCUT2D eigenvalue weighted by molar-refractivity contribution is 6.31. The molecule has 0 saturated carbocycles. The van der Waals surface area contributed by atoms with Gasteiger partial charge >= 0.3 is 0 Å². The van der Waals surface area contributed by atoms with E-state index in [2.05, 4.69) is 5.32 Å². The van der Waals surface area contributed by atoms with Gasteiger partial charge in [0.1, 0.15) is 12.4 Å². The van der Waals surface area contributed by atoms with Gasteiger partial charge in [-0.05, 0) is 63.6 Å². The first-order chi connectivity index (χ1) is 13.5. The van der Waals surface area contributed by atoms with E-state index in [1.165, 1.54) is 6.07 Å². The van der Waals surface area contributed by atoms with Crippen LogP contribution in [-0.2, 0) is 17.9 Å². The summed E-state index contributed by atoms with van der Waals surface area (Å²) in [7, 11) is 0. The van der Waals surface area contributed by atoms with Crippen LogP contribution >= 0.6 is 11.6 Å². The summed E-state index contributed by atoms with van der Waals surface area (Å²) < 4.78 is 30.9. The van der Waals surface area contributed by atoms with Gasteiger partial charge < -0.3 is 19.5 Å². The Bertz CT molecular complexity index is 719. The van der Waals surface area contributed by atoms with E-state index in [0.717, 1.165) is 31.7 Å². The first-order valence-corrected chi connectivity index (χ1v) is 10.0. The van der Waals surface area contributed by atoms with E-state index in [-0.39, 0.29) is 18.5 Å². The Hall–Kier alpha value is -1.82. The third kappa shape index (κ3) is 7.30. The van der Waals surface area contributed by atoms with Gasteiger partial charge in [-0.3, -0.25) is 0 Å². The largest absolute Gasteiger partial charge is 0.490 e. The second-order valence-electron chi connectivity index (χ2n) is 6.65. The van der Waals surface area contributed by atoms with Crippen molar-refractivity contribution in [2.45, 2.75) is 46.4 Å². The Morgan fingerprint density at radius 2 is 1.93 bits per heavy atom. The first kappa shape index (κ1) is 22.5. The van der Waals surface area contributed by atoms with Crippen LogP contribution in [0.25, 0.3) is 0 Å². The van der Waals surface area contributed by atoms with E-state index in [1.54, 1.807) is 12.1 Å². The van der Waals surface area contributed by atoms with Crippen LogP contribution in [0.2, 0.25) is 5.02 Å². The van der Waals surface area contributed by atoms with Crippen molar-refractivity contribution in [3.05, 3.63) is 58.4 Å². The van der Waals surface area contributed by atoms with Crippen molar-refractivity contribution in [1.82, 2.24) is 5.32 Å². The van der Waals surface area contributed by atoms with Crippen LogP contribution in [0.5, 0.6) is 11.5 Å². The molecule has 2 aromatic rings. The van der Waals surface area contributed by atoms with Crippen molar-refractivity contribution >= 4 is 11.6 Å². The molecule has 28 heavy (non-hydrogen) atoms. The lowest BCUT2D eigenvalue weighted by Gasteiger charge is -2.15. The fourth-order valence-electron chi connectivity index (χ4n) is 2.62. The Morgan fingerprint density at radius 3 is 2.64 bits per heavy atom. The van der Waals surface area contributed by atoms with E-state index in [9.17, 15) is 4.39 Å². The molecular formula is C22H29ClFNO3. The maximum atomic E-state index is 13.9. The summed E-state index contributed by atoms with van der Waals surface area (Å²) in [5.41, 5.74) is 1.42. The van der Waals surface area contributed by atoms with Crippen molar-refractivity contribution in [2.24, 2.45) is 0 Å². The predicted molar refractivity (Wildman–Crippen MR) is 111 cm³/mol. The van der Waals surface area contributed by atoms with Crippen LogP contribution in [-0.4, -0.2) is 25.9 Å². The standard InChI is InChI=1S/C22H29ClFNO3/c1-4-26-22-13-17(14-25-11-6-12-27-16(2)3)9-10-21(22)28-15-18-19(23)7-5-8-20(18)24/h5,7-10,13,16,25H,4,6,11-12,14-15H2,1-3H3. The van der Waals surface area contributed by atoms with Crippen molar-refractivity contribution in [3.63, 3.8) is 0 Å². The Kier molecular flexibility index (Phi) is 9.55. The van der Waals surface area contributed by atoms with E-state index in [4.69, 9.17) is 25.8 Å². The lowest BCUT2D eigenvalue weighted by Crippen LogP contribution is -2.17. The van der Waals surface area contributed by atoms with Crippen LogP contribution in [0.15, 0.2) is 36.4 Å². The summed E-state index contributed by atoms with van der Waals surface area (Å²) in [5.74, 6) is 0.820. The lowest BCUT2D eigenvalue weighted by atomic mass is 10.2. The monoisotopic (exact) mass is 409 g/mol. The third-order valence-electron chi connectivity index (χ3n) is 4.02. The fourth-order valence-corrected chi connectivity index (χ4v) is 2.84. The summed E-state index contributed by atoms with van der Waals surface area (Å²) >= 11 is 6.06. The maximum absolute atomic E-state index is 13.9. The molecule has 0 amide bonds. The van der Waals surface area contributed by atoms with Gasteiger partial charge in [0.05, 0.1) is 17.7 Å². The lowest BCUT2D eigenvalue weighted by molar-refractivity contribution is 0.0770. The van der Waals surface area contributed by atoms with E-state index < -0.39 is 0 Å². The van der Waals surface area contributed by atoms with Crippen molar-refractivity contribution < 1.29 is 18.6 Å². The molecule has 6 heteroatoms. The summed E-state index contributed by atoms with van der Waals surface area (Å²) in [6, 6.07) is 10.3. The highest BCUT2D eigenvalue weighted by Gasteiger charge is 2.11. The molecule has 0 aliphatic heterocycles. The number of hydrogen-bond acceptors (Lipinski definition) is 4. The molecule has 154 valence electrons. The topological polar surface area (TPSA) is 39.7 Å². The zero-order valence-electron chi connectivity index (χ0n) is 16.8.